The summed E-state index contributed by atoms with van der Waals surface area (Å²) in [5, 5.41) is 8.65. The molecule has 2 aromatic rings. The first-order valence-corrected chi connectivity index (χ1v) is 8.55. The zero-order chi connectivity index (χ0) is 16.8. The number of rotatable bonds is 5. The van der Waals surface area contributed by atoms with Crippen LogP contribution in [0, 0.1) is 0 Å². The van der Waals surface area contributed by atoms with Crippen molar-refractivity contribution in [2.75, 3.05) is 31.1 Å². The van der Waals surface area contributed by atoms with Crippen molar-refractivity contribution in [3.63, 3.8) is 0 Å². The molecule has 0 saturated carbocycles. The average molecular weight is 325 g/mol. The Bertz CT molecular complexity index is 651. The van der Waals surface area contributed by atoms with Gasteiger partial charge >= 0.3 is 0 Å². The van der Waals surface area contributed by atoms with Gasteiger partial charge < -0.3 is 9.80 Å². The lowest BCUT2D eigenvalue weighted by molar-refractivity contribution is -0.131. The second kappa shape index (κ2) is 7.86. The van der Waals surface area contributed by atoms with Crippen molar-refractivity contribution in [2.45, 2.75) is 26.2 Å². The molecule has 0 aliphatic carbocycles. The molecule has 0 radical (unpaired) electrons. The lowest BCUT2D eigenvalue weighted by Gasteiger charge is -2.35. The van der Waals surface area contributed by atoms with E-state index in [1.807, 2.05) is 29.2 Å². The molecule has 0 unspecified atom stereocenters. The lowest BCUT2D eigenvalue weighted by Crippen LogP contribution is -2.49. The fourth-order valence-corrected chi connectivity index (χ4v) is 2.83. The van der Waals surface area contributed by atoms with E-state index in [9.17, 15) is 4.79 Å². The van der Waals surface area contributed by atoms with Crippen LogP contribution in [0.2, 0.25) is 0 Å². The molecule has 24 heavy (non-hydrogen) atoms. The summed E-state index contributed by atoms with van der Waals surface area (Å²) >= 11 is 0. The highest BCUT2D eigenvalue weighted by Crippen LogP contribution is 2.18. The number of carbonyl (C=O) groups is 1. The van der Waals surface area contributed by atoms with Gasteiger partial charge in [0.25, 0.3) is 0 Å². The SMILES string of the molecule is CCCCC(=O)N1CCN(c2ccc(-c3cccnc3)nn2)CC1. The molecule has 3 rings (SSSR count). The molecule has 2 aromatic heterocycles. The van der Waals surface area contributed by atoms with Crippen molar-refractivity contribution in [1.82, 2.24) is 20.1 Å². The van der Waals surface area contributed by atoms with Crippen LogP contribution in [0.3, 0.4) is 0 Å². The largest absolute Gasteiger partial charge is 0.352 e. The van der Waals surface area contributed by atoms with Crippen LogP contribution in [-0.2, 0) is 4.79 Å². The molecule has 126 valence electrons. The fraction of sp³-hybridized carbons (Fsp3) is 0.444. The third-order valence-corrected chi connectivity index (χ3v) is 4.31. The molecule has 0 aromatic carbocycles. The lowest BCUT2D eigenvalue weighted by atomic mass is 10.2. The predicted octanol–water partition coefficient (Wildman–Crippen LogP) is 2.38. The first kappa shape index (κ1) is 16.4. The first-order chi connectivity index (χ1) is 11.8. The Morgan fingerprint density at radius 2 is 1.96 bits per heavy atom. The maximum absolute atomic E-state index is 12.1. The summed E-state index contributed by atoms with van der Waals surface area (Å²) in [5.41, 5.74) is 1.78. The number of anilines is 1. The Labute approximate surface area is 142 Å². The zero-order valence-electron chi connectivity index (χ0n) is 14.1. The highest BCUT2D eigenvalue weighted by molar-refractivity contribution is 5.76. The monoisotopic (exact) mass is 325 g/mol. The maximum atomic E-state index is 12.1. The molecule has 0 bridgehead atoms. The molecule has 3 heterocycles. The standard InChI is InChI=1S/C18H23N5O/c1-2-3-6-18(24)23-12-10-22(11-13-23)17-8-7-16(20-21-17)15-5-4-9-19-14-15/h4-5,7-9,14H,2-3,6,10-13H2,1H3. The second-order valence-corrected chi connectivity index (χ2v) is 5.99. The third-order valence-electron chi connectivity index (χ3n) is 4.31. The molecule has 6 nitrogen and oxygen atoms in total. The van der Waals surface area contributed by atoms with E-state index in [0.29, 0.717) is 6.42 Å². The van der Waals surface area contributed by atoms with Crippen LogP contribution in [0.15, 0.2) is 36.7 Å². The van der Waals surface area contributed by atoms with Gasteiger partial charge in [-0.05, 0) is 30.7 Å². The molecule has 1 fully saturated rings. The van der Waals surface area contributed by atoms with Crippen LogP contribution >= 0.6 is 0 Å². The van der Waals surface area contributed by atoms with Gasteiger partial charge in [-0.1, -0.05) is 13.3 Å². The van der Waals surface area contributed by atoms with Gasteiger partial charge in [0.2, 0.25) is 5.91 Å². The molecular formula is C18H23N5O. The van der Waals surface area contributed by atoms with E-state index >= 15 is 0 Å². The van der Waals surface area contributed by atoms with Gasteiger partial charge in [-0.3, -0.25) is 9.78 Å². The summed E-state index contributed by atoms with van der Waals surface area (Å²) in [5.74, 6) is 1.14. The molecule has 1 saturated heterocycles. The predicted molar refractivity (Wildman–Crippen MR) is 93.6 cm³/mol. The Morgan fingerprint density at radius 1 is 1.12 bits per heavy atom. The van der Waals surface area contributed by atoms with Gasteiger partial charge in [-0.15, -0.1) is 10.2 Å². The Morgan fingerprint density at radius 3 is 2.58 bits per heavy atom. The number of aromatic nitrogens is 3. The van der Waals surface area contributed by atoms with Gasteiger partial charge in [0.15, 0.2) is 5.82 Å². The summed E-state index contributed by atoms with van der Waals surface area (Å²) in [6.45, 7) is 5.24. The zero-order valence-corrected chi connectivity index (χ0v) is 14.1. The minimum atomic E-state index is 0.273. The Balaban J connectivity index is 1.58. The quantitative estimate of drug-likeness (QED) is 0.844. The van der Waals surface area contributed by atoms with Gasteiger partial charge in [0.1, 0.15) is 0 Å². The normalized spacial score (nSPS) is 14.7. The van der Waals surface area contributed by atoms with Crippen LogP contribution in [0.25, 0.3) is 11.3 Å². The minimum Gasteiger partial charge on any atom is -0.352 e. The van der Waals surface area contributed by atoms with E-state index in [0.717, 1.165) is 56.1 Å². The van der Waals surface area contributed by atoms with Gasteiger partial charge in [-0.2, -0.15) is 0 Å². The molecule has 6 heteroatoms. The van der Waals surface area contributed by atoms with E-state index in [-0.39, 0.29) is 5.91 Å². The number of hydrogen-bond acceptors (Lipinski definition) is 5. The van der Waals surface area contributed by atoms with Crippen molar-refractivity contribution in [3.8, 4) is 11.3 Å². The number of unbranched alkanes of at least 4 members (excludes halogenated alkanes) is 1. The summed E-state index contributed by atoms with van der Waals surface area (Å²) < 4.78 is 0. The summed E-state index contributed by atoms with van der Waals surface area (Å²) in [6, 6.07) is 7.82. The Kier molecular flexibility index (Phi) is 5.36. The van der Waals surface area contributed by atoms with E-state index in [1.165, 1.54) is 0 Å². The van der Waals surface area contributed by atoms with E-state index in [4.69, 9.17) is 0 Å². The molecule has 0 atom stereocenters. The molecule has 1 aliphatic heterocycles. The average Bonchev–Trinajstić information content (AvgIpc) is 2.67. The minimum absolute atomic E-state index is 0.273. The van der Waals surface area contributed by atoms with E-state index in [1.54, 1.807) is 12.4 Å². The van der Waals surface area contributed by atoms with Crippen LogP contribution in [0.4, 0.5) is 5.82 Å². The topological polar surface area (TPSA) is 62.2 Å². The van der Waals surface area contributed by atoms with Gasteiger partial charge in [-0.25, -0.2) is 0 Å². The van der Waals surface area contributed by atoms with Crippen molar-refractivity contribution in [3.05, 3.63) is 36.7 Å². The number of carbonyl (C=O) groups excluding carboxylic acids is 1. The van der Waals surface area contributed by atoms with Crippen molar-refractivity contribution in [1.29, 1.82) is 0 Å². The van der Waals surface area contributed by atoms with Gasteiger partial charge in [0.05, 0.1) is 5.69 Å². The molecular weight excluding hydrogens is 302 g/mol. The molecule has 0 spiro atoms. The summed E-state index contributed by atoms with van der Waals surface area (Å²) in [7, 11) is 0. The van der Waals surface area contributed by atoms with Crippen molar-refractivity contribution < 1.29 is 4.79 Å². The maximum Gasteiger partial charge on any atom is 0.222 e. The molecule has 0 N–H and O–H groups in total. The summed E-state index contributed by atoms with van der Waals surface area (Å²) in [6.07, 6.45) is 6.22. The van der Waals surface area contributed by atoms with Crippen molar-refractivity contribution >= 4 is 11.7 Å². The van der Waals surface area contributed by atoms with Gasteiger partial charge in [0, 0.05) is 50.6 Å². The third kappa shape index (κ3) is 3.88. The smallest absolute Gasteiger partial charge is 0.222 e. The van der Waals surface area contributed by atoms with Crippen LogP contribution < -0.4 is 4.90 Å². The number of hydrogen-bond donors (Lipinski definition) is 0. The molecule has 1 amide bonds. The fourth-order valence-electron chi connectivity index (χ4n) is 2.83. The Hall–Kier alpha value is -2.50. The van der Waals surface area contributed by atoms with E-state index < -0.39 is 0 Å². The highest BCUT2D eigenvalue weighted by Gasteiger charge is 2.21. The van der Waals surface area contributed by atoms with Crippen LogP contribution in [-0.4, -0.2) is 52.2 Å². The number of amides is 1. The van der Waals surface area contributed by atoms with Crippen LogP contribution in [0.5, 0.6) is 0 Å². The molecule has 1 aliphatic rings. The highest BCUT2D eigenvalue weighted by atomic mass is 16.2. The van der Waals surface area contributed by atoms with E-state index in [2.05, 4.69) is 27.0 Å². The second-order valence-electron chi connectivity index (χ2n) is 5.99. The summed E-state index contributed by atoms with van der Waals surface area (Å²) in [4.78, 5) is 20.3. The number of nitrogens with zero attached hydrogens (tertiary/aromatic N) is 5. The first-order valence-electron chi connectivity index (χ1n) is 8.55. The van der Waals surface area contributed by atoms with Crippen molar-refractivity contribution in [2.24, 2.45) is 0 Å². The van der Waals surface area contributed by atoms with Crippen LogP contribution in [0.1, 0.15) is 26.2 Å². The number of pyridine rings is 1. The number of piperazine rings is 1.